The number of ether oxygens (including phenoxy) is 2. The Balaban J connectivity index is 1.75. The fraction of sp³-hybridized carbons (Fsp3) is 0.474. The zero-order valence-electron chi connectivity index (χ0n) is 15.4. The Kier molecular flexibility index (Phi) is 5.48. The van der Waals surface area contributed by atoms with Gasteiger partial charge in [0.05, 0.1) is 25.8 Å². The van der Waals surface area contributed by atoms with Gasteiger partial charge in [-0.05, 0) is 38.0 Å². The van der Waals surface area contributed by atoms with Gasteiger partial charge in [-0.2, -0.15) is 0 Å². The van der Waals surface area contributed by atoms with Crippen molar-refractivity contribution in [3.05, 3.63) is 23.6 Å². The minimum Gasteiger partial charge on any atom is -0.493 e. The van der Waals surface area contributed by atoms with Gasteiger partial charge in [0.2, 0.25) is 5.91 Å². The molecule has 0 saturated heterocycles. The molecule has 1 aliphatic carbocycles. The highest BCUT2D eigenvalue weighted by Gasteiger charge is 2.38. The maximum atomic E-state index is 12.7. The van der Waals surface area contributed by atoms with Gasteiger partial charge < -0.3 is 20.5 Å². The molecule has 1 saturated carbocycles. The number of rotatable bonds is 5. The summed E-state index contributed by atoms with van der Waals surface area (Å²) >= 11 is 1.40. The van der Waals surface area contributed by atoms with Crippen LogP contribution in [0.25, 0.3) is 11.3 Å². The molecule has 3 N–H and O–H groups in total. The number of anilines is 1. The smallest absolute Gasteiger partial charge is 0.231 e. The molecule has 1 fully saturated rings. The lowest BCUT2D eigenvalue weighted by Crippen LogP contribution is -2.51. The third kappa shape index (κ3) is 3.83. The number of methoxy groups -OCH3 is 2. The van der Waals surface area contributed by atoms with Crippen LogP contribution in [0.2, 0.25) is 0 Å². The fourth-order valence-electron chi connectivity index (χ4n) is 3.44. The third-order valence-electron chi connectivity index (χ3n) is 4.98. The molecule has 0 spiro atoms. The summed E-state index contributed by atoms with van der Waals surface area (Å²) in [6, 6.07) is 5.63. The van der Waals surface area contributed by atoms with Gasteiger partial charge in [-0.1, -0.05) is 12.8 Å². The normalized spacial score (nSPS) is 22.7. The van der Waals surface area contributed by atoms with E-state index in [1.165, 1.54) is 11.3 Å². The van der Waals surface area contributed by atoms with Gasteiger partial charge >= 0.3 is 0 Å². The first-order chi connectivity index (χ1) is 12.4. The van der Waals surface area contributed by atoms with Crippen LogP contribution < -0.4 is 20.5 Å². The number of nitrogens with two attached hydrogens (primary N) is 1. The summed E-state index contributed by atoms with van der Waals surface area (Å²) in [5.74, 6) is 1.09. The number of nitrogens with zero attached hydrogens (tertiary/aromatic N) is 1. The number of aromatic nitrogens is 1. The molecule has 6 nitrogen and oxygen atoms in total. The van der Waals surface area contributed by atoms with E-state index in [4.69, 9.17) is 15.2 Å². The van der Waals surface area contributed by atoms with Crippen LogP contribution in [0.3, 0.4) is 0 Å². The molecule has 1 amide bonds. The molecule has 3 rings (SSSR count). The van der Waals surface area contributed by atoms with Crippen LogP contribution in [0.5, 0.6) is 11.5 Å². The van der Waals surface area contributed by atoms with Crippen molar-refractivity contribution >= 4 is 22.4 Å². The van der Waals surface area contributed by atoms with E-state index >= 15 is 0 Å². The number of carbonyl (C=O) groups is 1. The minimum absolute atomic E-state index is 0.0390. The summed E-state index contributed by atoms with van der Waals surface area (Å²) in [5, 5.41) is 5.44. The number of amides is 1. The topological polar surface area (TPSA) is 86.5 Å². The quantitative estimate of drug-likeness (QED) is 0.833. The summed E-state index contributed by atoms with van der Waals surface area (Å²) in [4.78, 5) is 17.2. The van der Waals surface area contributed by atoms with Crippen molar-refractivity contribution in [1.82, 2.24) is 4.98 Å². The fourth-order valence-corrected chi connectivity index (χ4v) is 4.16. The highest BCUT2D eigenvalue weighted by atomic mass is 32.1. The van der Waals surface area contributed by atoms with E-state index in [-0.39, 0.29) is 11.8 Å². The first-order valence-corrected chi connectivity index (χ1v) is 9.60. The zero-order valence-corrected chi connectivity index (χ0v) is 16.2. The number of carbonyl (C=O) groups excluding carboxylic acids is 1. The van der Waals surface area contributed by atoms with Crippen LogP contribution in [0.1, 0.15) is 32.6 Å². The summed E-state index contributed by atoms with van der Waals surface area (Å²) in [7, 11) is 3.20. The van der Waals surface area contributed by atoms with E-state index in [1.54, 1.807) is 14.2 Å². The summed E-state index contributed by atoms with van der Waals surface area (Å²) in [6.45, 7) is 1.97. The van der Waals surface area contributed by atoms with Gasteiger partial charge in [-0.15, -0.1) is 11.3 Å². The van der Waals surface area contributed by atoms with Gasteiger partial charge in [0.1, 0.15) is 0 Å². The second-order valence-electron chi connectivity index (χ2n) is 6.90. The number of hydrogen-bond donors (Lipinski definition) is 2. The monoisotopic (exact) mass is 375 g/mol. The number of thiazole rings is 1. The molecule has 2 unspecified atom stereocenters. The molecule has 1 aliphatic rings. The Bertz CT molecular complexity index is 788. The molecule has 0 aliphatic heterocycles. The molecule has 0 radical (unpaired) electrons. The van der Waals surface area contributed by atoms with E-state index in [0.29, 0.717) is 16.6 Å². The van der Waals surface area contributed by atoms with Gasteiger partial charge in [0.15, 0.2) is 16.6 Å². The molecule has 2 aromatic rings. The van der Waals surface area contributed by atoms with Crippen molar-refractivity contribution in [2.24, 2.45) is 11.7 Å². The van der Waals surface area contributed by atoms with Crippen molar-refractivity contribution < 1.29 is 14.3 Å². The first kappa shape index (κ1) is 18.7. The predicted molar refractivity (Wildman–Crippen MR) is 104 cm³/mol. The Morgan fingerprint density at radius 2 is 2.08 bits per heavy atom. The summed E-state index contributed by atoms with van der Waals surface area (Å²) in [5.41, 5.74) is 7.56. The van der Waals surface area contributed by atoms with E-state index < -0.39 is 5.54 Å². The minimum atomic E-state index is -0.453. The Hall–Kier alpha value is -2.12. The van der Waals surface area contributed by atoms with Crippen molar-refractivity contribution in [2.75, 3.05) is 19.5 Å². The lowest BCUT2D eigenvalue weighted by atomic mass is 9.74. The first-order valence-electron chi connectivity index (χ1n) is 8.72. The highest BCUT2D eigenvalue weighted by Crippen LogP contribution is 2.35. The summed E-state index contributed by atoms with van der Waals surface area (Å²) in [6.07, 6.45) is 3.82. The number of benzene rings is 1. The van der Waals surface area contributed by atoms with Gasteiger partial charge in [-0.3, -0.25) is 4.79 Å². The lowest BCUT2D eigenvalue weighted by Gasteiger charge is -2.36. The second kappa shape index (κ2) is 7.63. The molecular weight excluding hydrogens is 350 g/mol. The molecule has 2 atom stereocenters. The van der Waals surface area contributed by atoms with E-state index in [1.807, 2.05) is 30.5 Å². The Morgan fingerprint density at radius 3 is 2.77 bits per heavy atom. The molecule has 140 valence electrons. The molecule has 26 heavy (non-hydrogen) atoms. The Labute approximate surface area is 157 Å². The molecular formula is C19H25N3O3S. The molecule has 1 heterocycles. The molecule has 7 heteroatoms. The third-order valence-corrected chi connectivity index (χ3v) is 5.74. The van der Waals surface area contributed by atoms with Gasteiger partial charge in [-0.25, -0.2) is 4.98 Å². The second-order valence-corrected chi connectivity index (χ2v) is 7.76. The number of nitrogens with one attached hydrogen (secondary N) is 1. The van der Waals surface area contributed by atoms with Crippen molar-refractivity contribution in [3.8, 4) is 22.8 Å². The van der Waals surface area contributed by atoms with Crippen LogP contribution in [0.4, 0.5) is 5.13 Å². The van der Waals surface area contributed by atoms with Crippen LogP contribution in [-0.4, -0.2) is 30.6 Å². The average Bonchev–Trinajstić information content (AvgIpc) is 3.09. The number of hydrogen-bond acceptors (Lipinski definition) is 6. The average molecular weight is 375 g/mol. The highest BCUT2D eigenvalue weighted by molar-refractivity contribution is 7.14. The van der Waals surface area contributed by atoms with Crippen molar-refractivity contribution in [2.45, 2.75) is 38.1 Å². The molecule has 1 aromatic carbocycles. The van der Waals surface area contributed by atoms with Crippen LogP contribution in [0.15, 0.2) is 23.6 Å². The van der Waals surface area contributed by atoms with Gasteiger partial charge in [0, 0.05) is 16.5 Å². The Morgan fingerprint density at radius 1 is 1.31 bits per heavy atom. The molecule has 1 aromatic heterocycles. The lowest BCUT2D eigenvalue weighted by molar-refractivity contribution is -0.122. The maximum Gasteiger partial charge on any atom is 0.231 e. The zero-order chi connectivity index (χ0) is 18.7. The predicted octanol–water partition coefficient (Wildman–Crippen LogP) is 3.67. The SMILES string of the molecule is COc1ccc(-c2csc(NC(=O)C3CCCCC3(C)N)n2)cc1OC. The molecule has 0 bridgehead atoms. The van der Waals surface area contributed by atoms with Crippen LogP contribution in [-0.2, 0) is 4.79 Å². The summed E-state index contributed by atoms with van der Waals surface area (Å²) < 4.78 is 10.6. The van der Waals surface area contributed by atoms with Crippen LogP contribution >= 0.6 is 11.3 Å². The van der Waals surface area contributed by atoms with E-state index in [0.717, 1.165) is 36.9 Å². The van der Waals surface area contributed by atoms with Gasteiger partial charge in [0.25, 0.3) is 0 Å². The van der Waals surface area contributed by atoms with E-state index in [2.05, 4.69) is 10.3 Å². The van der Waals surface area contributed by atoms with Crippen molar-refractivity contribution in [3.63, 3.8) is 0 Å². The maximum absolute atomic E-state index is 12.7. The standard InChI is InChI=1S/C19H25N3O3S/c1-19(20)9-5-4-6-13(19)17(23)22-18-21-14(11-26-18)12-7-8-15(24-2)16(10-12)25-3/h7-8,10-11,13H,4-6,9,20H2,1-3H3,(H,21,22,23). The van der Waals surface area contributed by atoms with E-state index in [9.17, 15) is 4.79 Å². The largest absolute Gasteiger partial charge is 0.493 e. The van der Waals surface area contributed by atoms with Crippen molar-refractivity contribution in [1.29, 1.82) is 0 Å². The van der Waals surface area contributed by atoms with Crippen LogP contribution in [0, 0.1) is 5.92 Å².